The van der Waals surface area contributed by atoms with E-state index in [1.807, 2.05) is 0 Å². The lowest BCUT2D eigenvalue weighted by Gasteiger charge is -2.34. The Labute approximate surface area is 75.2 Å². The summed E-state index contributed by atoms with van der Waals surface area (Å²) in [5.41, 5.74) is 0. The van der Waals surface area contributed by atoms with Crippen molar-refractivity contribution in [2.75, 3.05) is 12.4 Å². The lowest BCUT2D eigenvalue weighted by Crippen LogP contribution is -2.49. The summed E-state index contributed by atoms with van der Waals surface area (Å²) < 4.78 is 0. The minimum atomic E-state index is -1.07. The molecule has 0 spiro atoms. The first-order chi connectivity index (χ1) is 5.66. The zero-order valence-corrected chi connectivity index (χ0v) is 7.44. The fourth-order valence-electron chi connectivity index (χ4n) is 1.25. The van der Waals surface area contributed by atoms with Crippen LogP contribution in [0.15, 0.2) is 0 Å². The standard InChI is InChI=1S/C7H14O4S/c8-2-1-5-7(11)6(10)4(9)3-12-5/h4-11H,1-3H2/t4-,5+,6-,7-/m1/s1. The van der Waals surface area contributed by atoms with Gasteiger partial charge < -0.3 is 20.4 Å². The third-order valence-electron chi connectivity index (χ3n) is 2.02. The van der Waals surface area contributed by atoms with Crippen molar-refractivity contribution >= 4 is 11.8 Å². The van der Waals surface area contributed by atoms with Crippen LogP contribution in [0.2, 0.25) is 0 Å². The molecule has 1 aliphatic heterocycles. The van der Waals surface area contributed by atoms with Crippen molar-refractivity contribution in [3.05, 3.63) is 0 Å². The van der Waals surface area contributed by atoms with Crippen LogP contribution in [0.4, 0.5) is 0 Å². The summed E-state index contributed by atoms with van der Waals surface area (Å²) in [5, 5.41) is 36.2. The first kappa shape index (κ1) is 10.3. The number of rotatable bonds is 2. The van der Waals surface area contributed by atoms with Crippen LogP contribution in [0.1, 0.15) is 6.42 Å². The van der Waals surface area contributed by atoms with Gasteiger partial charge in [0.1, 0.15) is 6.10 Å². The monoisotopic (exact) mass is 194 g/mol. The maximum atomic E-state index is 9.40. The number of hydrogen-bond acceptors (Lipinski definition) is 5. The number of hydrogen-bond donors (Lipinski definition) is 4. The molecule has 0 aromatic heterocycles. The highest BCUT2D eigenvalue weighted by atomic mass is 32.2. The van der Waals surface area contributed by atoms with E-state index < -0.39 is 18.3 Å². The molecule has 1 heterocycles. The summed E-state index contributed by atoms with van der Waals surface area (Å²) in [7, 11) is 0. The molecule has 0 saturated carbocycles. The second-order valence-electron chi connectivity index (χ2n) is 2.93. The quantitative estimate of drug-likeness (QED) is 0.433. The van der Waals surface area contributed by atoms with E-state index >= 15 is 0 Å². The lowest BCUT2D eigenvalue weighted by atomic mass is 10.0. The molecule has 4 N–H and O–H groups in total. The molecule has 0 aromatic rings. The summed E-state index contributed by atoms with van der Waals surface area (Å²) in [6.07, 6.45) is -2.39. The molecule has 1 saturated heterocycles. The third kappa shape index (κ3) is 2.11. The van der Waals surface area contributed by atoms with Gasteiger partial charge in [-0.25, -0.2) is 0 Å². The highest BCUT2D eigenvalue weighted by molar-refractivity contribution is 8.00. The summed E-state index contributed by atoms with van der Waals surface area (Å²) in [6.45, 7) is -0.00244. The predicted octanol–water partition coefficient (Wildman–Crippen LogP) is -1.43. The lowest BCUT2D eigenvalue weighted by molar-refractivity contribution is -0.0568. The van der Waals surface area contributed by atoms with Gasteiger partial charge in [-0.3, -0.25) is 0 Å². The first-order valence-corrected chi connectivity index (χ1v) is 4.98. The number of thioether (sulfide) groups is 1. The van der Waals surface area contributed by atoms with E-state index in [9.17, 15) is 10.2 Å². The fourth-order valence-corrected chi connectivity index (χ4v) is 2.52. The van der Waals surface area contributed by atoms with Crippen LogP contribution in [0.5, 0.6) is 0 Å². The van der Waals surface area contributed by atoms with Gasteiger partial charge in [-0.05, 0) is 6.42 Å². The molecule has 5 heteroatoms. The zero-order valence-electron chi connectivity index (χ0n) is 6.63. The van der Waals surface area contributed by atoms with Crippen molar-refractivity contribution in [2.24, 2.45) is 0 Å². The minimum Gasteiger partial charge on any atom is -0.396 e. The number of aliphatic hydroxyl groups excluding tert-OH is 4. The highest BCUT2D eigenvalue weighted by Crippen LogP contribution is 2.28. The summed E-state index contributed by atoms with van der Waals surface area (Å²) in [5.74, 6) is 0.420. The molecule has 0 unspecified atom stereocenters. The predicted molar refractivity (Wildman–Crippen MR) is 46.0 cm³/mol. The van der Waals surface area contributed by atoms with E-state index in [0.29, 0.717) is 12.2 Å². The third-order valence-corrected chi connectivity index (χ3v) is 3.50. The van der Waals surface area contributed by atoms with Gasteiger partial charge in [-0.1, -0.05) is 0 Å². The Hall–Kier alpha value is 0.190. The van der Waals surface area contributed by atoms with E-state index in [1.54, 1.807) is 0 Å². The topological polar surface area (TPSA) is 80.9 Å². The van der Waals surface area contributed by atoms with Crippen LogP contribution < -0.4 is 0 Å². The zero-order chi connectivity index (χ0) is 9.14. The average molecular weight is 194 g/mol. The van der Waals surface area contributed by atoms with Gasteiger partial charge in [-0.2, -0.15) is 11.8 Å². The molecule has 0 radical (unpaired) electrons. The van der Waals surface area contributed by atoms with Crippen LogP contribution in [0.3, 0.4) is 0 Å². The SMILES string of the molecule is OCC[C@@H]1SC[C@@H](O)[C@@H](O)[C@@H]1O. The molecule has 1 rings (SSSR count). The van der Waals surface area contributed by atoms with Gasteiger partial charge in [-0.15, -0.1) is 0 Å². The molecule has 1 aliphatic rings. The summed E-state index contributed by atoms with van der Waals surface area (Å²) >= 11 is 1.39. The Morgan fingerprint density at radius 2 is 1.83 bits per heavy atom. The molecule has 0 amide bonds. The van der Waals surface area contributed by atoms with Crippen molar-refractivity contribution in [3.8, 4) is 0 Å². The van der Waals surface area contributed by atoms with E-state index in [-0.39, 0.29) is 11.9 Å². The maximum absolute atomic E-state index is 9.40. The van der Waals surface area contributed by atoms with Gasteiger partial charge in [0.05, 0.1) is 12.2 Å². The Bertz CT molecular complexity index is 143. The molecular formula is C7H14O4S. The van der Waals surface area contributed by atoms with Crippen molar-refractivity contribution in [1.82, 2.24) is 0 Å². The highest BCUT2D eigenvalue weighted by Gasteiger charge is 2.36. The van der Waals surface area contributed by atoms with Crippen LogP contribution in [0, 0.1) is 0 Å². The van der Waals surface area contributed by atoms with Gasteiger partial charge >= 0.3 is 0 Å². The van der Waals surface area contributed by atoms with E-state index in [0.717, 1.165) is 0 Å². The van der Waals surface area contributed by atoms with Crippen LogP contribution in [0.25, 0.3) is 0 Å². The van der Waals surface area contributed by atoms with Crippen molar-refractivity contribution in [1.29, 1.82) is 0 Å². The van der Waals surface area contributed by atoms with Crippen LogP contribution in [-0.2, 0) is 0 Å². The van der Waals surface area contributed by atoms with Crippen LogP contribution >= 0.6 is 11.8 Å². The largest absolute Gasteiger partial charge is 0.396 e. The molecule has 0 aliphatic carbocycles. The van der Waals surface area contributed by atoms with E-state index in [4.69, 9.17) is 10.2 Å². The average Bonchev–Trinajstić information content (AvgIpc) is 2.07. The Balaban J connectivity index is 2.46. The molecule has 4 atom stereocenters. The maximum Gasteiger partial charge on any atom is 0.108 e. The fraction of sp³-hybridized carbons (Fsp3) is 1.00. The smallest absolute Gasteiger partial charge is 0.108 e. The Morgan fingerprint density at radius 3 is 2.42 bits per heavy atom. The van der Waals surface area contributed by atoms with Gasteiger partial charge in [0.2, 0.25) is 0 Å². The number of aliphatic hydroxyl groups is 4. The van der Waals surface area contributed by atoms with E-state index in [2.05, 4.69) is 0 Å². The van der Waals surface area contributed by atoms with Gasteiger partial charge in [0.25, 0.3) is 0 Å². The molecule has 12 heavy (non-hydrogen) atoms. The molecule has 0 aromatic carbocycles. The van der Waals surface area contributed by atoms with Crippen molar-refractivity contribution in [2.45, 2.75) is 30.0 Å². The van der Waals surface area contributed by atoms with Crippen molar-refractivity contribution < 1.29 is 20.4 Å². The normalized spacial score (nSPS) is 43.0. The molecule has 1 fully saturated rings. The summed E-state index contributed by atoms with van der Waals surface area (Å²) in [4.78, 5) is 0. The Morgan fingerprint density at radius 1 is 1.17 bits per heavy atom. The Kier molecular flexibility index (Phi) is 3.79. The second kappa shape index (κ2) is 4.43. The molecular weight excluding hydrogens is 180 g/mol. The molecule has 4 nitrogen and oxygen atoms in total. The molecule has 0 bridgehead atoms. The van der Waals surface area contributed by atoms with E-state index in [1.165, 1.54) is 11.8 Å². The van der Waals surface area contributed by atoms with Crippen molar-refractivity contribution in [3.63, 3.8) is 0 Å². The van der Waals surface area contributed by atoms with Crippen LogP contribution in [-0.4, -0.2) is 56.3 Å². The summed E-state index contributed by atoms with van der Waals surface area (Å²) in [6, 6.07) is 0. The minimum absolute atomic E-state index is 0.00244. The van der Waals surface area contributed by atoms with Gasteiger partial charge in [0, 0.05) is 17.6 Å². The van der Waals surface area contributed by atoms with Gasteiger partial charge in [0.15, 0.2) is 0 Å². The second-order valence-corrected chi connectivity index (χ2v) is 4.20. The first-order valence-electron chi connectivity index (χ1n) is 3.93. The molecule has 72 valence electrons.